The molecule has 1 fully saturated rings. The van der Waals surface area contributed by atoms with Crippen molar-refractivity contribution in [1.29, 1.82) is 0 Å². The summed E-state index contributed by atoms with van der Waals surface area (Å²) in [5, 5.41) is 11.1. The molecular formula is C20H31N3O2. The van der Waals surface area contributed by atoms with Gasteiger partial charge in [-0.05, 0) is 39.7 Å². The Hall–Kier alpha value is -1.72. The van der Waals surface area contributed by atoms with E-state index < -0.39 is 5.79 Å². The van der Waals surface area contributed by atoms with Crippen molar-refractivity contribution in [1.82, 2.24) is 14.5 Å². The standard InChI is InChI=1S/C18H25N3O2.C2H6/c1-6-18(5)10-13(9-15(18)23-17(3,4)22)21-8-7-14-12(2)19-11-20-16(14)21;1-2/h6-8,11,13,15,22H,1,9-10H2,2-5H3;1-2H3/t13?,15-,18-;/m0./s1. The molecule has 2 aromatic rings. The van der Waals surface area contributed by atoms with Gasteiger partial charge in [0.1, 0.15) is 12.0 Å². The highest BCUT2D eigenvalue weighted by Crippen LogP contribution is 2.48. The van der Waals surface area contributed by atoms with Crippen LogP contribution in [0.5, 0.6) is 0 Å². The van der Waals surface area contributed by atoms with Crippen LogP contribution in [-0.4, -0.2) is 31.5 Å². The molecule has 138 valence electrons. The minimum atomic E-state index is -1.15. The lowest BCUT2D eigenvalue weighted by Crippen LogP contribution is -2.36. The topological polar surface area (TPSA) is 60.2 Å². The molecule has 0 amide bonds. The first-order chi connectivity index (χ1) is 11.7. The lowest BCUT2D eigenvalue weighted by molar-refractivity contribution is -0.218. The van der Waals surface area contributed by atoms with Crippen LogP contribution >= 0.6 is 0 Å². The lowest BCUT2D eigenvalue weighted by atomic mass is 9.86. The van der Waals surface area contributed by atoms with Crippen LogP contribution in [0.2, 0.25) is 0 Å². The van der Waals surface area contributed by atoms with E-state index in [0.29, 0.717) is 0 Å². The van der Waals surface area contributed by atoms with Crippen molar-refractivity contribution >= 4 is 11.0 Å². The summed E-state index contributed by atoms with van der Waals surface area (Å²) >= 11 is 0. The molecule has 0 radical (unpaired) electrons. The van der Waals surface area contributed by atoms with E-state index in [1.54, 1.807) is 20.2 Å². The van der Waals surface area contributed by atoms with Gasteiger partial charge in [-0.25, -0.2) is 9.97 Å². The van der Waals surface area contributed by atoms with E-state index >= 15 is 0 Å². The van der Waals surface area contributed by atoms with Gasteiger partial charge < -0.3 is 14.4 Å². The molecule has 0 bridgehead atoms. The van der Waals surface area contributed by atoms with Crippen LogP contribution in [0.4, 0.5) is 0 Å². The van der Waals surface area contributed by atoms with E-state index in [0.717, 1.165) is 29.6 Å². The molecule has 5 heteroatoms. The van der Waals surface area contributed by atoms with Gasteiger partial charge in [-0.2, -0.15) is 0 Å². The number of rotatable bonds is 4. The van der Waals surface area contributed by atoms with Crippen LogP contribution in [0.25, 0.3) is 11.0 Å². The van der Waals surface area contributed by atoms with E-state index in [1.165, 1.54) is 0 Å². The molecule has 1 aliphatic rings. The molecule has 3 atom stereocenters. The van der Waals surface area contributed by atoms with Crippen molar-refractivity contribution < 1.29 is 9.84 Å². The van der Waals surface area contributed by atoms with Gasteiger partial charge in [0.05, 0.1) is 11.8 Å². The predicted octanol–water partition coefficient (Wildman–Crippen LogP) is 4.41. The van der Waals surface area contributed by atoms with Gasteiger partial charge in [-0.15, -0.1) is 6.58 Å². The maximum atomic E-state index is 10.0. The number of aromatic nitrogens is 3. The molecule has 1 saturated carbocycles. The van der Waals surface area contributed by atoms with Crippen LogP contribution in [0.15, 0.2) is 31.2 Å². The van der Waals surface area contributed by atoms with Crippen molar-refractivity contribution in [3.05, 3.63) is 36.9 Å². The Morgan fingerprint density at radius 2 is 2.08 bits per heavy atom. The van der Waals surface area contributed by atoms with Crippen molar-refractivity contribution in [3.63, 3.8) is 0 Å². The molecule has 1 N–H and O–H groups in total. The molecule has 5 nitrogen and oxygen atoms in total. The molecule has 1 unspecified atom stereocenters. The number of nitrogens with zero attached hydrogens (tertiary/aromatic N) is 3. The Labute approximate surface area is 150 Å². The lowest BCUT2D eigenvalue weighted by Gasteiger charge is -2.32. The Morgan fingerprint density at radius 1 is 1.40 bits per heavy atom. The Bertz CT molecular complexity index is 732. The molecule has 2 aromatic heterocycles. The first-order valence-electron chi connectivity index (χ1n) is 9.05. The minimum Gasteiger partial charge on any atom is -0.366 e. The van der Waals surface area contributed by atoms with E-state index in [1.807, 2.05) is 26.8 Å². The number of fused-ring (bicyclic) bond motifs is 1. The first kappa shape index (κ1) is 19.6. The van der Waals surface area contributed by atoms with Crippen molar-refractivity contribution in [2.24, 2.45) is 5.41 Å². The molecule has 0 spiro atoms. The minimum absolute atomic E-state index is 0.0783. The average molecular weight is 345 g/mol. The first-order valence-corrected chi connectivity index (χ1v) is 9.05. The molecule has 1 aliphatic carbocycles. The fourth-order valence-corrected chi connectivity index (χ4v) is 3.59. The summed E-state index contributed by atoms with van der Waals surface area (Å²) in [5.74, 6) is -1.15. The van der Waals surface area contributed by atoms with Crippen molar-refractivity contribution in [2.75, 3.05) is 0 Å². The quantitative estimate of drug-likeness (QED) is 0.659. The smallest absolute Gasteiger partial charge is 0.160 e. The molecule has 25 heavy (non-hydrogen) atoms. The second-order valence-electron chi connectivity index (χ2n) is 7.28. The number of aryl methyl sites for hydroxylation is 1. The molecule has 2 heterocycles. The van der Waals surface area contributed by atoms with Crippen LogP contribution < -0.4 is 0 Å². The van der Waals surface area contributed by atoms with Crippen LogP contribution in [-0.2, 0) is 4.74 Å². The zero-order valence-electron chi connectivity index (χ0n) is 16.3. The summed E-state index contributed by atoms with van der Waals surface area (Å²) in [5.41, 5.74) is 1.77. The maximum Gasteiger partial charge on any atom is 0.160 e. The van der Waals surface area contributed by atoms with Crippen molar-refractivity contribution in [3.8, 4) is 0 Å². The number of ether oxygens (including phenoxy) is 1. The Kier molecular flexibility index (Phi) is 5.69. The second-order valence-corrected chi connectivity index (χ2v) is 7.28. The third-order valence-electron chi connectivity index (χ3n) is 4.90. The highest BCUT2D eigenvalue weighted by molar-refractivity contribution is 5.78. The molecule has 0 aromatic carbocycles. The fourth-order valence-electron chi connectivity index (χ4n) is 3.59. The summed E-state index contributed by atoms with van der Waals surface area (Å²) in [7, 11) is 0. The highest BCUT2D eigenvalue weighted by atomic mass is 16.6. The van der Waals surface area contributed by atoms with E-state index in [-0.39, 0.29) is 17.6 Å². The molecular weight excluding hydrogens is 314 g/mol. The highest BCUT2D eigenvalue weighted by Gasteiger charge is 2.45. The fraction of sp³-hybridized carbons (Fsp3) is 0.600. The van der Waals surface area contributed by atoms with Gasteiger partial charge >= 0.3 is 0 Å². The van der Waals surface area contributed by atoms with E-state index in [2.05, 4.69) is 40.3 Å². The zero-order valence-corrected chi connectivity index (χ0v) is 16.3. The average Bonchev–Trinajstić information content (AvgIpc) is 3.11. The van der Waals surface area contributed by atoms with Gasteiger partial charge in [0.2, 0.25) is 0 Å². The van der Waals surface area contributed by atoms with Crippen LogP contribution in [0.3, 0.4) is 0 Å². The Balaban J connectivity index is 0.00000109. The second kappa shape index (κ2) is 7.26. The van der Waals surface area contributed by atoms with Crippen LogP contribution in [0, 0.1) is 12.3 Å². The summed E-state index contributed by atoms with van der Waals surface area (Å²) < 4.78 is 8.12. The van der Waals surface area contributed by atoms with Gasteiger partial charge in [-0.3, -0.25) is 0 Å². The van der Waals surface area contributed by atoms with E-state index in [4.69, 9.17) is 4.74 Å². The van der Waals surface area contributed by atoms with Gasteiger partial charge in [0, 0.05) is 23.0 Å². The third-order valence-corrected chi connectivity index (χ3v) is 4.90. The SMILES string of the molecule is C=C[C@@]1(C)CC(n2ccc3c(C)ncnc32)C[C@@H]1OC(C)(C)O.CC. The largest absolute Gasteiger partial charge is 0.366 e. The van der Waals surface area contributed by atoms with Crippen LogP contribution in [0.1, 0.15) is 59.2 Å². The summed E-state index contributed by atoms with van der Waals surface area (Å²) in [6.07, 6.45) is 7.29. The molecule has 3 rings (SSSR count). The summed E-state index contributed by atoms with van der Waals surface area (Å²) in [6.45, 7) is 15.5. The van der Waals surface area contributed by atoms with E-state index in [9.17, 15) is 5.11 Å². The number of hydrogen-bond acceptors (Lipinski definition) is 4. The molecule has 0 saturated heterocycles. The third kappa shape index (κ3) is 3.93. The summed E-state index contributed by atoms with van der Waals surface area (Å²) in [4.78, 5) is 8.71. The maximum absolute atomic E-state index is 10.0. The predicted molar refractivity (Wildman–Crippen MR) is 101 cm³/mol. The molecule has 0 aliphatic heterocycles. The number of hydrogen-bond donors (Lipinski definition) is 1. The monoisotopic (exact) mass is 345 g/mol. The van der Waals surface area contributed by atoms with Gasteiger partial charge in [0.25, 0.3) is 0 Å². The summed E-state index contributed by atoms with van der Waals surface area (Å²) in [6, 6.07) is 2.33. The van der Waals surface area contributed by atoms with Gasteiger partial charge in [-0.1, -0.05) is 26.8 Å². The normalized spacial score (nSPS) is 26.4. The number of aliphatic hydroxyl groups is 1. The van der Waals surface area contributed by atoms with Crippen molar-refractivity contribution in [2.45, 2.75) is 72.3 Å². The zero-order chi connectivity index (χ0) is 18.8. The van der Waals surface area contributed by atoms with Gasteiger partial charge in [0.15, 0.2) is 5.79 Å². The Morgan fingerprint density at radius 3 is 2.68 bits per heavy atom.